The van der Waals surface area contributed by atoms with E-state index in [1.54, 1.807) is 24.3 Å². The summed E-state index contributed by atoms with van der Waals surface area (Å²) in [6, 6.07) is 6.82. The van der Waals surface area contributed by atoms with Gasteiger partial charge in [0.05, 0.1) is 11.8 Å². The predicted octanol–water partition coefficient (Wildman–Crippen LogP) is 2.24. The first-order valence-corrected chi connectivity index (χ1v) is 7.58. The van der Waals surface area contributed by atoms with E-state index in [4.69, 9.17) is 0 Å². The first-order valence-electron chi connectivity index (χ1n) is 7.58. The Balaban J connectivity index is 1.88. The highest BCUT2D eigenvalue weighted by Gasteiger charge is 2.47. The number of benzene rings is 1. The van der Waals surface area contributed by atoms with Crippen molar-refractivity contribution in [2.45, 2.75) is 27.2 Å². The first-order chi connectivity index (χ1) is 10.4. The molecule has 0 bridgehead atoms. The normalized spacial score (nSPS) is 19.6. The molecule has 2 N–H and O–H groups in total. The molecule has 2 amide bonds. The number of ketones is 1. The van der Waals surface area contributed by atoms with Crippen LogP contribution in [0.5, 0.6) is 0 Å². The zero-order valence-corrected chi connectivity index (χ0v) is 13.2. The van der Waals surface area contributed by atoms with Gasteiger partial charge in [0.15, 0.2) is 5.78 Å². The summed E-state index contributed by atoms with van der Waals surface area (Å²) in [5.41, 5.74) is 1.14. The van der Waals surface area contributed by atoms with Crippen LogP contribution in [0.4, 0.5) is 5.69 Å². The zero-order valence-electron chi connectivity index (χ0n) is 13.2. The van der Waals surface area contributed by atoms with Gasteiger partial charge in [-0.2, -0.15) is 0 Å². The summed E-state index contributed by atoms with van der Waals surface area (Å²) in [5.74, 6) is -0.364. The quantitative estimate of drug-likeness (QED) is 0.791. The third kappa shape index (κ3) is 4.16. The number of amides is 2. The molecule has 0 saturated heterocycles. The van der Waals surface area contributed by atoms with Crippen LogP contribution in [-0.2, 0) is 9.59 Å². The number of rotatable bonds is 6. The van der Waals surface area contributed by atoms with E-state index >= 15 is 0 Å². The third-order valence-corrected chi connectivity index (χ3v) is 3.69. The van der Waals surface area contributed by atoms with E-state index in [-0.39, 0.29) is 29.4 Å². The minimum Gasteiger partial charge on any atom is -0.356 e. The highest BCUT2D eigenvalue weighted by atomic mass is 16.2. The fourth-order valence-corrected chi connectivity index (χ4v) is 2.26. The molecule has 1 aromatic rings. The van der Waals surface area contributed by atoms with Gasteiger partial charge in [-0.3, -0.25) is 14.4 Å². The molecule has 1 aromatic carbocycles. The average molecular weight is 302 g/mol. The van der Waals surface area contributed by atoms with Gasteiger partial charge in [0.1, 0.15) is 0 Å². The lowest BCUT2D eigenvalue weighted by Crippen LogP contribution is -2.30. The average Bonchev–Trinajstić information content (AvgIpc) is 3.25. The molecule has 22 heavy (non-hydrogen) atoms. The molecule has 1 fully saturated rings. The van der Waals surface area contributed by atoms with Crippen LogP contribution in [0, 0.1) is 17.8 Å². The van der Waals surface area contributed by atoms with Crippen LogP contribution in [0.2, 0.25) is 0 Å². The van der Waals surface area contributed by atoms with Gasteiger partial charge in [0.25, 0.3) is 0 Å². The number of Topliss-reactive ketones (excluding diaryl/α,β-unsaturated/α-hetero) is 1. The lowest BCUT2D eigenvalue weighted by Gasteiger charge is -2.08. The minimum atomic E-state index is -0.270. The van der Waals surface area contributed by atoms with Gasteiger partial charge in [0, 0.05) is 17.8 Å². The topological polar surface area (TPSA) is 75.3 Å². The summed E-state index contributed by atoms with van der Waals surface area (Å²) in [7, 11) is 0. The summed E-state index contributed by atoms with van der Waals surface area (Å²) < 4.78 is 0. The number of anilines is 1. The number of hydrogen-bond donors (Lipinski definition) is 2. The molecule has 0 aliphatic heterocycles. The van der Waals surface area contributed by atoms with Crippen LogP contribution in [-0.4, -0.2) is 24.1 Å². The molecule has 118 valence electrons. The van der Waals surface area contributed by atoms with Gasteiger partial charge < -0.3 is 10.6 Å². The minimum absolute atomic E-state index is 0.0477. The van der Waals surface area contributed by atoms with E-state index in [1.165, 1.54) is 6.92 Å². The molecule has 2 rings (SSSR count). The molecular weight excluding hydrogens is 280 g/mol. The largest absolute Gasteiger partial charge is 0.356 e. The summed E-state index contributed by atoms with van der Waals surface area (Å²) in [5, 5.41) is 5.63. The number of hydrogen-bond acceptors (Lipinski definition) is 3. The monoisotopic (exact) mass is 302 g/mol. The van der Waals surface area contributed by atoms with E-state index in [1.807, 2.05) is 13.8 Å². The SMILES string of the molecule is CC(=O)c1cccc(NC(=O)C2CC2C(=O)NCC(C)C)c1. The molecule has 1 aliphatic carbocycles. The molecular formula is C17H22N2O3. The second kappa shape index (κ2) is 6.73. The van der Waals surface area contributed by atoms with Crippen LogP contribution in [0.15, 0.2) is 24.3 Å². The highest BCUT2D eigenvalue weighted by molar-refractivity contribution is 6.01. The Morgan fingerprint density at radius 3 is 2.50 bits per heavy atom. The van der Waals surface area contributed by atoms with E-state index in [0.717, 1.165) is 0 Å². The maximum absolute atomic E-state index is 12.1. The molecule has 0 aromatic heterocycles. The van der Waals surface area contributed by atoms with E-state index in [9.17, 15) is 14.4 Å². The standard InChI is InChI=1S/C17H22N2O3/c1-10(2)9-18-16(21)14-8-15(14)17(22)19-13-6-4-5-12(7-13)11(3)20/h4-7,10,14-15H,8-9H2,1-3H3,(H,18,21)(H,19,22). The fraction of sp³-hybridized carbons (Fsp3) is 0.471. The zero-order chi connectivity index (χ0) is 16.3. The van der Waals surface area contributed by atoms with Crippen molar-refractivity contribution in [3.63, 3.8) is 0 Å². The molecule has 2 atom stereocenters. The van der Waals surface area contributed by atoms with Crippen LogP contribution in [0.3, 0.4) is 0 Å². The predicted molar refractivity (Wildman–Crippen MR) is 84.5 cm³/mol. The van der Waals surface area contributed by atoms with Crippen molar-refractivity contribution in [2.75, 3.05) is 11.9 Å². The molecule has 1 aliphatic rings. The molecule has 0 radical (unpaired) electrons. The molecule has 5 nitrogen and oxygen atoms in total. The summed E-state index contributed by atoms with van der Waals surface area (Å²) in [6.07, 6.45) is 0.585. The van der Waals surface area contributed by atoms with E-state index in [2.05, 4.69) is 10.6 Å². The van der Waals surface area contributed by atoms with Gasteiger partial charge in [0.2, 0.25) is 11.8 Å². The van der Waals surface area contributed by atoms with Gasteiger partial charge >= 0.3 is 0 Å². The molecule has 0 spiro atoms. The second-order valence-electron chi connectivity index (χ2n) is 6.21. The number of carbonyl (C=O) groups excluding carboxylic acids is 3. The van der Waals surface area contributed by atoms with Crippen LogP contribution >= 0.6 is 0 Å². The van der Waals surface area contributed by atoms with Crippen molar-refractivity contribution in [3.8, 4) is 0 Å². The molecule has 5 heteroatoms. The Bertz CT molecular complexity index is 595. The van der Waals surface area contributed by atoms with Crippen LogP contribution in [0.25, 0.3) is 0 Å². The fourth-order valence-electron chi connectivity index (χ4n) is 2.26. The van der Waals surface area contributed by atoms with Gasteiger partial charge in [-0.15, -0.1) is 0 Å². The maximum atomic E-state index is 12.1. The Hall–Kier alpha value is -2.17. The second-order valence-corrected chi connectivity index (χ2v) is 6.21. The summed E-state index contributed by atoms with van der Waals surface area (Å²) in [4.78, 5) is 35.3. The maximum Gasteiger partial charge on any atom is 0.228 e. The van der Waals surface area contributed by atoms with Crippen molar-refractivity contribution in [3.05, 3.63) is 29.8 Å². The van der Waals surface area contributed by atoms with E-state index < -0.39 is 0 Å². The van der Waals surface area contributed by atoms with E-state index in [0.29, 0.717) is 30.1 Å². The van der Waals surface area contributed by atoms with Crippen molar-refractivity contribution in [1.82, 2.24) is 5.32 Å². The van der Waals surface area contributed by atoms with Crippen LogP contribution < -0.4 is 10.6 Å². The Morgan fingerprint density at radius 1 is 1.18 bits per heavy atom. The Morgan fingerprint density at radius 2 is 1.86 bits per heavy atom. The number of nitrogens with one attached hydrogen (secondary N) is 2. The lowest BCUT2D eigenvalue weighted by atomic mass is 10.1. The third-order valence-electron chi connectivity index (χ3n) is 3.69. The first kappa shape index (κ1) is 16.2. The highest BCUT2D eigenvalue weighted by Crippen LogP contribution is 2.39. The Labute approximate surface area is 130 Å². The molecule has 0 heterocycles. The van der Waals surface area contributed by atoms with Crippen molar-refractivity contribution in [2.24, 2.45) is 17.8 Å². The van der Waals surface area contributed by atoms with Gasteiger partial charge in [-0.05, 0) is 31.4 Å². The van der Waals surface area contributed by atoms with Crippen molar-refractivity contribution in [1.29, 1.82) is 0 Å². The van der Waals surface area contributed by atoms with Crippen LogP contribution in [0.1, 0.15) is 37.6 Å². The molecule has 2 unspecified atom stereocenters. The lowest BCUT2D eigenvalue weighted by molar-refractivity contribution is -0.125. The van der Waals surface area contributed by atoms with Crippen molar-refractivity contribution >= 4 is 23.3 Å². The molecule has 1 saturated carbocycles. The van der Waals surface area contributed by atoms with Gasteiger partial charge in [-0.1, -0.05) is 26.0 Å². The van der Waals surface area contributed by atoms with Gasteiger partial charge in [-0.25, -0.2) is 0 Å². The number of carbonyl (C=O) groups is 3. The summed E-state index contributed by atoms with van der Waals surface area (Å²) in [6.45, 7) is 6.17. The Kier molecular flexibility index (Phi) is 4.96. The smallest absolute Gasteiger partial charge is 0.228 e. The summed E-state index contributed by atoms with van der Waals surface area (Å²) >= 11 is 0. The van der Waals surface area contributed by atoms with Crippen molar-refractivity contribution < 1.29 is 14.4 Å².